The third-order valence-electron chi connectivity index (χ3n) is 6.72. The molecule has 4 rings (SSSR count). The third kappa shape index (κ3) is 7.70. The molecule has 0 saturated carbocycles. The Kier molecular flexibility index (Phi) is 9.78. The molecule has 37 heavy (non-hydrogen) atoms. The summed E-state index contributed by atoms with van der Waals surface area (Å²) in [6.07, 6.45) is 4.37. The first-order chi connectivity index (χ1) is 18.1. The van der Waals surface area contributed by atoms with Gasteiger partial charge in [-0.25, -0.2) is 4.79 Å². The Balaban J connectivity index is 1.52. The van der Waals surface area contributed by atoms with E-state index in [1.54, 1.807) is 0 Å². The van der Waals surface area contributed by atoms with Crippen molar-refractivity contribution in [1.82, 2.24) is 10.2 Å². The summed E-state index contributed by atoms with van der Waals surface area (Å²) in [5.74, 6) is 1.41. The number of hydrogen-bond acceptors (Lipinski definition) is 4. The van der Waals surface area contributed by atoms with Crippen LogP contribution in [0.15, 0.2) is 78.9 Å². The van der Waals surface area contributed by atoms with Crippen LogP contribution in [-0.4, -0.2) is 43.8 Å². The van der Waals surface area contributed by atoms with Gasteiger partial charge in [-0.2, -0.15) is 0 Å². The van der Waals surface area contributed by atoms with E-state index in [2.05, 4.69) is 65.7 Å². The lowest BCUT2D eigenvalue weighted by Gasteiger charge is -2.26. The topological polar surface area (TPSA) is 50.8 Å². The molecule has 1 amide bonds. The van der Waals surface area contributed by atoms with Crippen molar-refractivity contribution in [1.29, 1.82) is 0 Å². The van der Waals surface area contributed by atoms with Gasteiger partial charge in [-0.3, -0.25) is 4.90 Å². The molecule has 1 N–H and O–H groups in total. The molecule has 5 heteroatoms. The van der Waals surface area contributed by atoms with Gasteiger partial charge in [-0.1, -0.05) is 67.9 Å². The number of likely N-dealkylation sites (tertiary alicyclic amines) is 1. The predicted octanol–water partition coefficient (Wildman–Crippen LogP) is 7.03. The van der Waals surface area contributed by atoms with Gasteiger partial charge < -0.3 is 14.8 Å². The first kappa shape index (κ1) is 26.5. The minimum Gasteiger partial charge on any atom is -0.492 e. The fourth-order valence-electron chi connectivity index (χ4n) is 4.69. The quantitative estimate of drug-likeness (QED) is 0.305. The molecule has 1 fully saturated rings. The first-order valence-electron chi connectivity index (χ1n) is 13.4. The van der Waals surface area contributed by atoms with Crippen LogP contribution in [0, 0.1) is 0 Å². The second kappa shape index (κ2) is 13.7. The first-order valence-corrected chi connectivity index (χ1v) is 13.4. The molecule has 0 radical (unpaired) electrons. The Bertz CT molecular complexity index is 1150. The van der Waals surface area contributed by atoms with Gasteiger partial charge in [0.2, 0.25) is 0 Å². The van der Waals surface area contributed by atoms with Gasteiger partial charge in [0.15, 0.2) is 0 Å². The summed E-state index contributed by atoms with van der Waals surface area (Å²) in [6.45, 7) is 8.80. The maximum absolute atomic E-state index is 11.9. The van der Waals surface area contributed by atoms with Crippen LogP contribution < -0.4 is 14.8 Å². The van der Waals surface area contributed by atoms with Crippen molar-refractivity contribution >= 4 is 17.2 Å². The van der Waals surface area contributed by atoms with E-state index in [1.807, 2.05) is 37.3 Å². The number of benzene rings is 3. The zero-order valence-corrected chi connectivity index (χ0v) is 22.0. The summed E-state index contributed by atoms with van der Waals surface area (Å²) >= 11 is 0. The normalized spacial score (nSPS) is 14.5. The van der Waals surface area contributed by atoms with E-state index in [-0.39, 0.29) is 0 Å². The minimum atomic E-state index is -0.429. The molecule has 0 atom stereocenters. The number of amides is 1. The van der Waals surface area contributed by atoms with Crippen LogP contribution in [0.2, 0.25) is 0 Å². The number of carbonyl (C=O) groups is 1. The van der Waals surface area contributed by atoms with E-state index in [1.165, 1.54) is 43.5 Å². The average molecular weight is 499 g/mol. The van der Waals surface area contributed by atoms with Crippen LogP contribution in [0.4, 0.5) is 4.79 Å². The van der Waals surface area contributed by atoms with Crippen molar-refractivity contribution in [2.24, 2.45) is 0 Å². The molecule has 0 aromatic heterocycles. The van der Waals surface area contributed by atoms with Crippen molar-refractivity contribution < 1.29 is 14.3 Å². The van der Waals surface area contributed by atoms with E-state index in [9.17, 15) is 4.79 Å². The molecule has 1 saturated heterocycles. The van der Waals surface area contributed by atoms with Gasteiger partial charge in [-0.15, -0.1) is 0 Å². The minimum absolute atomic E-state index is 0.429. The van der Waals surface area contributed by atoms with Crippen LogP contribution in [0.3, 0.4) is 0 Å². The van der Waals surface area contributed by atoms with Gasteiger partial charge in [0.05, 0.1) is 0 Å². The number of hydrogen-bond donors (Lipinski definition) is 1. The van der Waals surface area contributed by atoms with Gasteiger partial charge in [-0.05, 0) is 91.4 Å². The van der Waals surface area contributed by atoms with Crippen molar-refractivity contribution in [2.45, 2.75) is 39.5 Å². The highest BCUT2D eigenvalue weighted by atomic mass is 16.6. The molecular formula is C32H38N2O3. The molecule has 194 valence electrons. The maximum Gasteiger partial charge on any atom is 0.412 e. The Morgan fingerprint density at radius 3 is 2.05 bits per heavy atom. The second-order valence-electron chi connectivity index (χ2n) is 9.48. The molecule has 0 unspecified atom stereocenters. The number of carbonyl (C=O) groups excluding carboxylic acids is 1. The van der Waals surface area contributed by atoms with Crippen LogP contribution in [0.5, 0.6) is 11.5 Å². The zero-order chi connectivity index (χ0) is 25.9. The molecule has 5 nitrogen and oxygen atoms in total. The lowest BCUT2D eigenvalue weighted by Crippen LogP contribution is -2.33. The number of rotatable bonds is 10. The summed E-state index contributed by atoms with van der Waals surface area (Å²) in [5, 5.41) is 2.74. The highest BCUT2D eigenvalue weighted by Gasteiger charge is 2.13. The molecule has 0 aliphatic carbocycles. The van der Waals surface area contributed by atoms with Gasteiger partial charge in [0.1, 0.15) is 18.1 Å². The summed E-state index contributed by atoms with van der Waals surface area (Å²) in [4.78, 5) is 14.4. The van der Waals surface area contributed by atoms with Gasteiger partial charge >= 0.3 is 6.09 Å². The number of piperidine rings is 1. The lowest BCUT2D eigenvalue weighted by atomic mass is 9.90. The molecular weight excluding hydrogens is 460 g/mol. The highest BCUT2D eigenvalue weighted by Crippen LogP contribution is 2.33. The van der Waals surface area contributed by atoms with Crippen LogP contribution >= 0.6 is 0 Å². The largest absolute Gasteiger partial charge is 0.492 e. The summed E-state index contributed by atoms with van der Waals surface area (Å²) < 4.78 is 11.5. The van der Waals surface area contributed by atoms with E-state index in [0.717, 1.165) is 35.4 Å². The molecule has 0 bridgehead atoms. The van der Waals surface area contributed by atoms with Crippen molar-refractivity contribution in [3.05, 3.63) is 95.6 Å². The van der Waals surface area contributed by atoms with E-state index in [4.69, 9.17) is 9.47 Å². The van der Waals surface area contributed by atoms with Crippen molar-refractivity contribution in [3.8, 4) is 11.5 Å². The fourth-order valence-corrected chi connectivity index (χ4v) is 4.69. The standard InChI is InChI=1S/C32H38N2O3/c1-3-20-33-32(35)37-30-18-14-28(15-19-30)31(25(2)26-10-6-4-7-11-26)27-12-16-29(17-13-27)36-24-23-34-21-8-5-9-22-34/h4,6-7,10-19H,3,5,8-9,20-24H2,1-2H3,(H,33,35)/b31-25+. The van der Waals surface area contributed by atoms with Crippen molar-refractivity contribution in [3.63, 3.8) is 0 Å². The number of allylic oxidation sites excluding steroid dienone is 1. The van der Waals surface area contributed by atoms with E-state index >= 15 is 0 Å². The molecule has 1 aliphatic rings. The molecule has 1 heterocycles. The Morgan fingerprint density at radius 1 is 0.811 bits per heavy atom. The Morgan fingerprint density at radius 2 is 1.43 bits per heavy atom. The fraction of sp³-hybridized carbons (Fsp3) is 0.344. The number of nitrogens with zero attached hydrogens (tertiary/aromatic N) is 1. The highest BCUT2D eigenvalue weighted by molar-refractivity contribution is 5.98. The second-order valence-corrected chi connectivity index (χ2v) is 9.48. The lowest BCUT2D eigenvalue weighted by molar-refractivity contribution is 0.183. The van der Waals surface area contributed by atoms with Crippen LogP contribution in [0.25, 0.3) is 11.1 Å². The van der Waals surface area contributed by atoms with Gasteiger partial charge in [0.25, 0.3) is 0 Å². The predicted molar refractivity (Wildman–Crippen MR) is 151 cm³/mol. The Hall–Kier alpha value is -3.57. The SMILES string of the molecule is CCCNC(=O)Oc1ccc(/C(=C(\C)c2ccccc2)c2ccc(OCCN3CCCCC3)cc2)cc1. The monoisotopic (exact) mass is 498 g/mol. The number of nitrogens with one attached hydrogen (secondary N) is 1. The number of ether oxygens (including phenoxy) is 2. The zero-order valence-electron chi connectivity index (χ0n) is 22.0. The van der Waals surface area contributed by atoms with E-state index in [0.29, 0.717) is 18.9 Å². The summed E-state index contributed by atoms with van der Waals surface area (Å²) in [6, 6.07) is 26.5. The average Bonchev–Trinajstić information content (AvgIpc) is 2.95. The van der Waals surface area contributed by atoms with Crippen molar-refractivity contribution in [2.75, 3.05) is 32.8 Å². The Labute approximate surface area is 221 Å². The molecule has 3 aromatic rings. The third-order valence-corrected chi connectivity index (χ3v) is 6.72. The van der Waals surface area contributed by atoms with Gasteiger partial charge in [0, 0.05) is 13.1 Å². The molecule has 1 aliphatic heterocycles. The summed E-state index contributed by atoms with van der Waals surface area (Å²) in [5.41, 5.74) is 5.64. The van der Waals surface area contributed by atoms with E-state index < -0.39 is 6.09 Å². The molecule has 0 spiro atoms. The summed E-state index contributed by atoms with van der Waals surface area (Å²) in [7, 11) is 0. The smallest absolute Gasteiger partial charge is 0.412 e. The van der Waals surface area contributed by atoms with Crippen LogP contribution in [0.1, 0.15) is 56.2 Å². The van der Waals surface area contributed by atoms with Crippen LogP contribution in [-0.2, 0) is 0 Å². The molecule has 3 aromatic carbocycles. The maximum atomic E-state index is 11.9.